The van der Waals surface area contributed by atoms with Crippen molar-refractivity contribution in [2.75, 3.05) is 0 Å². The van der Waals surface area contributed by atoms with Gasteiger partial charge in [0.25, 0.3) is 0 Å². The average molecular weight is 775 g/mol. The second-order valence-electron chi connectivity index (χ2n) is 13.5. The quantitative estimate of drug-likeness (QED) is 0.154. The van der Waals surface area contributed by atoms with Crippen molar-refractivity contribution in [2.24, 2.45) is 0 Å². The third-order valence-corrected chi connectivity index (χ3v) is 9.00. The highest BCUT2D eigenvalue weighted by Gasteiger charge is 1.87. The number of benzene rings is 1. The van der Waals surface area contributed by atoms with Gasteiger partial charge in [0, 0.05) is 57.3 Å². The molecule has 6 heterocycles. The Balaban J connectivity index is 0.000000617. The number of thiophene rings is 2. The van der Waals surface area contributed by atoms with E-state index in [2.05, 4.69) is 141 Å². The van der Waals surface area contributed by atoms with Gasteiger partial charge in [0.15, 0.2) is 0 Å². The van der Waals surface area contributed by atoms with Crippen molar-refractivity contribution < 1.29 is 0 Å². The van der Waals surface area contributed by atoms with Crippen LogP contribution in [0.2, 0.25) is 0 Å². The van der Waals surface area contributed by atoms with Crippen LogP contribution in [0.3, 0.4) is 0 Å². The fourth-order valence-corrected chi connectivity index (χ4v) is 6.10. The zero-order chi connectivity index (χ0) is 40.5. The van der Waals surface area contributed by atoms with E-state index < -0.39 is 0 Å². The highest BCUT2D eigenvalue weighted by Crippen LogP contribution is 2.11. The Kier molecular flexibility index (Phi) is 26.1. The van der Waals surface area contributed by atoms with Crippen LogP contribution >= 0.6 is 22.7 Å². The molecule has 1 aromatic carbocycles. The molecule has 6 heteroatoms. The average Bonchev–Trinajstić information content (AvgIpc) is 3.66. The second-order valence-corrected chi connectivity index (χ2v) is 15.8. The predicted octanol–water partition coefficient (Wildman–Crippen LogP) is 14.5. The summed E-state index contributed by atoms with van der Waals surface area (Å²) in [5.74, 6) is 0. The van der Waals surface area contributed by atoms with Crippen molar-refractivity contribution in [3.8, 4) is 0 Å². The maximum Gasteiger partial charge on any atom is 0.0375 e. The molecule has 0 spiro atoms. The lowest BCUT2D eigenvalue weighted by atomic mass is 10.2. The van der Waals surface area contributed by atoms with Crippen LogP contribution in [0, 0.1) is 96.9 Å². The molecule has 55 heavy (non-hydrogen) atoms. The fraction of sp³-hybridized carbons (Fsp3) is 0.306. The molecule has 294 valence electrons. The lowest BCUT2D eigenvalue weighted by Crippen LogP contribution is -1.81. The van der Waals surface area contributed by atoms with Gasteiger partial charge in [-0.2, -0.15) is 0 Å². The van der Waals surface area contributed by atoms with Crippen molar-refractivity contribution in [1.29, 1.82) is 0 Å². The molecule has 0 saturated carbocycles. The Labute approximate surface area is 342 Å². The Hall–Kier alpha value is -4.78. The summed E-state index contributed by atoms with van der Waals surface area (Å²) in [6.45, 7) is 28.9. The van der Waals surface area contributed by atoms with Gasteiger partial charge < -0.3 is 0 Å². The molecular weight excluding hydrogens is 709 g/mol. The molecule has 0 atom stereocenters. The normalized spacial score (nSPS) is 9.13. The number of rotatable bonds is 0. The highest BCUT2D eigenvalue weighted by atomic mass is 32.1. The van der Waals surface area contributed by atoms with Gasteiger partial charge in [0.2, 0.25) is 0 Å². The summed E-state index contributed by atoms with van der Waals surface area (Å²) in [6.07, 6.45) is 7.36. The van der Waals surface area contributed by atoms with Crippen LogP contribution in [0.25, 0.3) is 0 Å². The number of hydrogen-bond donors (Lipinski definition) is 0. The van der Waals surface area contributed by atoms with Crippen LogP contribution in [0.15, 0.2) is 120 Å². The maximum atomic E-state index is 4.17. The van der Waals surface area contributed by atoms with Gasteiger partial charge >= 0.3 is 0 Å². The molecule has 0 aliphatic carbocycles. The van der Waals surface area contributed by atoms with Crippen LogP contribution in [0.5, 0.6) is 0 Å². The van der Waals surface area contributed by atoms with Gasteiger partial charge in [-0.05, 0) is 190 Å². The largest absolute Gasteiger partial charge is 0.264 e. The Morgan fingerprint density at radius 1 is 0.364 bits per heavy atom. The number of nitrogens with zero attached hydrogens (tertiary/aromatic N) is 4. The molecule has 0 aliphatic rings. The number of aryl methyl sites for hydroxylation is 14. The van der Waals surface area contributed by atoms with Gasteiger partial charge in [-0.15, -0.1) is 22.7 Å². The van der Waals surface area contributed by atoms with Crippen LogP contribution < -0.4 is 0 Å². The number of hydrogen-bond acceptors (Lipinski definition) is 6. The molecule has 7 rings (SSSR count). The highest BCUT2D eigenvalue weighted by molar-refractivity contribution is 7.10. The molecule has 7 aromatic rings. The van der Waals surface area contributed by atoms with E-state index in [9.17, 15) is 0 Å². The van der Waals surface area contributed by atoms with Gasteiger partial charge in [-0.1, -0.05) is 55.0 Å². The molecule has 6 aromatic heterocycles. The van der Waals surface area contributed by atoms with E-state index in [-0.39, 0.29) is 7.43 Å². The van der Waals surface area contributed by atoms with E-state index in [4.69, 9.17) is 0 Å². The lowest BCUT2D eigenvalue weighted by molar-refractivity contribution is 1.12. The molecule has 4 nitrogen and oxygen atoms in total. The molecule has 0 fully saturated rings. The Bertz CT molecular complexity index is 1630. The smallest absolute Gasteiger partial charge is 0.0375 e. The maximum absolute atomic E-state index is 4.17. The first-order chi connectivity index (χ1) is 25.5. The van der Waals surface area contributed by atoms with Crippen molar-refractivity contribution in [2.45, 2.75) is 104 Å². The summed E-state index contributed by atoms with van der Waals surface area (Å²) >= 11 is 3.61. The van der Waals surface area contributed by atoms with E-state index in [0.29, 0.717) is 0 Å². The van der Waals surface area contributed by atoms with Gasteiger partial charge in [-0.25, -0.2) is 0 Å². The lowest BCUT2D eigenvalue weighted by Gasteiger charge is -1.90. The minimum atomic E-state index is 0. The molecule has 0 radical (unpaired) electrons. The molecule has 0 N–H and O–H groups in total. The first-order valence-corrected chi connectivity index (χ1v) is 19.9. The summed E-state index contributed by atoms with van der Waals surface area (Å²) in [4.78, 5) is 19.0. The standard InChI is InChI=1S/C8H10.4C7H9N.2C6H8S.CH4/c1-7-4-3-5-8(2)6-7;1-6-3-7(2)5-8-4-6;2*1-6-3-4-8-7(2)5-6;1-6-4-3-5-7(2)8-6;2*1-5-3-6(2)7-4-5;/h3-6H,1-2H3;4*3-5H,1-2H3;2*3-4H,1-2H3;1H4. The van der Waals surface area contributed by atoms with Crippen molar-refractivity contribution in [3.63, 3.8) is 0 Å². The second kappa shape index (κ2) is 28.6. The summed E-state index contributed by atoms with van der Waals surface area (Å²) in [7, 11) is 0. The van der Waals surface area contributed by atoms with Gasteiger partial charge in [0.05, 0.1) is 0 Å². The SMILES string of the molecule is C.Cc1cccc(C)c1.Cc1cccc(C)n1.Cc1ccnc(C)c1.Cc1ccnc(C)c1.Cc1cncc(C)c1.Cc1csc(C)c1.Cc1csc(C)c1. The Morgan fingerprint density at radius 3 is 0.909 bits per heavy atom. The summed E-state index contributed by atoms with van der Waals surface area (Å²) < 4.78 is 0. The third kappa shape index (κ3) is 27.5. The number of pyridine rings is 4. The zero-order valence-corrected chi connectivity index (χ0v) is 36.8. The molecule has 0 bridgehead atoms. The van der Waals surface area contributed by atoms with Crippen molar-refractivity contribution >= 4 is 22.7 Å². The van der Waals surface area contributed by atoms with E-state index in [1.807, 2.05) is 96.7 Å². The molecule has 0 amide bonds. The summed E-state index contributed by atoms with van der Waals surface area (Å²) in [5, 5.41) is 4.32. The van der Waals surface area contributed by atoms with Crippen LogP contribution in [0.1, 0.15) is 84.5 Å². The van der Waals surface area contributed by atoms with E-state index in [1.165, 1.54) is 54.3 Å². The monoisotopic (exact) mass is 774 g/mol. The van der Waals surface area contributed by atoms with Crippen LogP contribution in [-0.4, -0.2) is 19.9 Å². The molecule has 0 saturated heterocycles. The molecule has 0 unspecified atom stereocenters. The fourth-order valence-electron chi connectivity index (χ4n) is 4.72. The molecule has 0 aliphatic heterocycles. The molecular formula is C49H66N4S2. The van der Waals surface area contributed by atoms with Crippen molar-refractivity contribution in [3.05, 3.63) is 198 Å². The van der Waals surface area contributed by atoms with E-state index in [1.54, 1.807) is 22.7 Å². The van der Waals surface area contributed by atoms with E-state index >= 15 is 0 Å². The third-order valence-electron chi connectivity index (χ3n) is 7.04. The minimum Gasteiger partial charge on any atom is -0.264 e. The van der Waals surface area contributed by atoms with Crippen LogP contribution in [0.4, 0.5) is 0 Å². The predicted molar refractivity (Wildman–Crippen MR) is 245 cm³/mol. The van der Waals surface area contributed by atoms with Gasteiger partial charge in [-0.3, -0.25) is 19.9 Å². The minimum absolute atomic E-state index is 0. The van der Waals surface area contributed by atoms with E-state index in [0.717, 1.165) is 22.8 Å². The van der Waals surface area contributed by atoms with Crippen LogP contribution in [-0.2, 0) is 0 Å². The number of aromatic nitrogens is 4. The van der Waals surface area contributed by atoms with Gasteiger partial charge in [0.1, 0.15) is 0 Å². The zero-order valence-electron chi connectivity index (χ0n) is 35.2. The first-order valence-electron chi connectivity index (χ1n) is 18.2. The topological polar surface area (TPSA) is 51.6 Å². The Morgan fingerprint density at radius 2 is 0.727 bits per heavy atom. The first kappa shape index (κ1) is 50.2. The summed E-state index contributed by atoms with van der Waals surface area (Å²) in [5.41, 5.74) is 14.8. The van der Waals surface area contributed by atoms with Crippen molar-refractivity contribution in [1.82, 2.24) is 19.9 Å². The summed E-state index contributed by atoms with van der Waals surface area (Å²) in [6, 6.07) is 29.0.